The highest BCUT2D eigenvalue weighted by atomic mass is 19.1. The first-order valence-corrected chi connectivity index (χ1v) is 10.8. The van der Waals surface area contributed by atoms with Crippen molar-refractivity contribution in [3.8, 4) is 0 Å². The SMILES string of the molecule is CC(C)(C)OC(Cc1ccccc1)N1CCN(CCC(=O)c2ccc(F)cc2)CC1. The Bertz CT molecular complexity index is 794. The molecule has 3 rings (SSSR count). The quantitative estimate of drug-likeness (QED) is 0.602. The Morgan fingerprint density at radius 3 is 2.23 bits per heavy atom. The number of Topliss-reactive ketones (excluding diaryl/α,β-unsaturated/α-hetero) is 1. The topological polar surface area (TPSA) is 32.8 Å². The van der Waals surface area contributed by atoms with Gasteiger partial charge in [-0.2, -0.15) is 0 Å². The molecule has 4 nitrogen and oxygen atoms in total. The number of rotatable bonds is 8. The van der Waals surface area contributed by atoms with Crippen molar-refractivity contribution in [3.63, 3.8) is 0 Å². The number of ketones is 1. The molecule has 1 saturated heterocycles. The minimum absolute atomic E-state index is 0.0374. The lowest BCUT2D eigenvalue weighted by Crippen LogP contribution is -2.53. The molecule has 1 aliphatic rings. The van der Waals surface area contributed by atoms with Gasteiger partial charge >= 0.3 is 0 Å². The predicted molar refractivity (Wildman–Crippen MR) is 118 cm³/mol. The molecule has 0 saturated carbocycles. The number of halogens is 1. The van der Waals surface area contributed by atoms with Crippen LogP contribution in [0, 0.1) is 5.82 Å². The van der Waals surface area contributed by atoms with Gasteiger partial charge in [0, 0.05) is 51.1 Å². The molecule has 0 aliphatic carbocycles. The molecule has 0 radical (unpaired) electrons. The molecule has 1 unspecified atom stereocenters. The second-order valence-corrected chi connectivity index (χ2v) is 8.93. The average Bonchev–Trinajstić information content (AvgIpc) is 2.72. The Balaban J connectivity index is 1.51. The number of piperazine rings is 1. The summed E-state index contributed by atoms with van der Waals surface area (Å²) in [5, 5.41) is 0. The van der Waals surface area contributed by atoms with Crippen LogP contribution in [0.5, 0.6) is 0 Å². The molecular formula is C25H33FN2O2. The molecular weight excluding hydrogens is 379 g/mol. The molecule has 0 spiro atoms. The maximum atomic E-state index is 13.0. The minimum Gasteiger partial charge on any atom is -0.357 e. The van der Waals surface area contributed by atoms with Crippen LogP contribution in [0.3, 0.4) is 0 Å². The van der Waals surface area contributed by atoms with Gasteiger partial charge in [0.1, 0.15) is 12.0 Å². The van der Waals surface area contributed by atoms with Crippen molar-refractivity contribution < 1.29 is 13.9 Å². The third-order valence-electron chi connectivity index (χ3n) is 5.38. The van der Waals surface area contributed by atoms with E-state index in [1.54, 1.807) is 12.1 Å². The lowest BCUT2D eigenvalue weighted by atomic mass is 10.1. The minimum atomic E-state index is -0.315. The molecule has 0 bridgehead atoms. The zero-order chi connectivity index (χ0) is 21.6. The number of hydrogen-bond donors (Lipinski definition) is 0. The van der Waals surface area contributed by atoms with Crippen LogP contribution in [0.2, 0.25) is 0 Å². The smallest absolute Gasteiger partial charge is 0.164 e. The Morgan fingerprint density at radius 1 is 1.00 bits per heavy atom. The molecule has 2 aromatic carbocycles. The van der Waals surface area contributed by atoms with Gasteiger partial charge in [-0.25, -0.2) is 4.39 Å². The van der Waals surface area contributed by atoms with Gasteiger partial charge in [0.2, 0.25) is 0 Å². The fourth-order valence-corrected chi connectivity index (χ4v) is 3.78. The van der Waals surface area contributed by atoms with Crippen LogP contribution in [-0.4, -0.2) is 60.1 Å². The lowest BCUT2D eigenvalue weighted by Gasteiger charge is -2.41. The molecule has 0 N–H and O–H groups in total. The maximum Gasteiger partial charge on any atom is 0.164 e. The van der Waals surface area contributed by atoms with E-state index in [0.29, 0.717) is 12.0 Å². The summed E-state index contributed by atoms with van der Waals surface area (Å²) in [6.07, 6.45) is 1.36. The summed E-state index contributed by atoms with van der Waals surface area (Å²) in [7, 11) is 0. The molecule has 0 amide bonds. The summed E-state index contributed by atoms with van der Waals surface area (Å²) >= 11 is 0. The van der Waals surface area contributed by atoms with Gasteiger partial charge in [0.15, 0.2) is 5.78 Å². The standard InChI is InChI=1S/C25H33FN2O2/c1-25(2,3)30-24(19-20-7-5-4-6-8-20)28-17-15-27(16-18-28)14-13-23(29)21-9-11-22(26)12-10-21/h4-12,24H,13-19H2,1-3H3. The highest BCUT2D eigenvalue weighted by Crippen LogP contribution is 2.20. The third kappa shape index (κ3) is 7.01. The zero-order valence-corrected chi connectivity index (χ0v) is 18.3. The summed E-state index contributed by atoms with van der Waals surface area (Å²) in [6, 6.07) is 16.3. The van der Waals surface area contributed by atoms with E-state index in [-0.39, 0.29) is 23.4 Å². The molecule has 1 fully saturated rings. The molecule has 5 heteroatoms. The van der Waals surface area contributed by atoms with Gasteiger partial charge in [-0.15, -0.1) is 0 Å². The van der Waals surface area contributed by atoms with Crippen LogP contribution < -0.4 is 0 Å². The van der Waals surface area contributed by atoms with E-state index in [4.69, 9.17) is 4.74 Å². The van der Waals surface area contributed by atoms with Gasteiger partial charge in [0.25, 0.3) is 0 Å². The molecule has 30 heavy (non-hydrogen) atoms. The van der Waals surface area contributed by atoms with Crippen LogP contribution in [0.4, 0.5) is 4.39 Å². The first kappa shape index (κ1) is 22.6. The summed E-state index contributed by atoms with van der Waals surface area (Å²) in [5.74, 6) is -0.249. The number of ether oxygens (including phenoxy) is 1. The molecule has 1 aliphatic heterocycles. The second kappa shape index (κ2) is 10.3. The van der Waals surface area contributed by atoms with Gasteiger partial charge < -0.3 is 9.64 Å². The van der Waals surface area contributed by atoms with Crippen molar-refractivity contribution in [3.05, 3.63) is 71.5 Å². The highest BCUT2D eigenvalue weighted by molar-refractivity contribution is 5.96. The Labute approximate surface area is 179 Å². The van der Waals surface area contributed by atoms with E-state index in [1.165, 1.54) is 17.7 Å². The molecule has 1 heterocycles. The monoisotopic (exact) mass is 412 g/mol. The van der Waals surface area contributed by atoms with Crippen molar-refractivity contribution in [2.45, 2.75) is 45.4 Å². The van der Waals surface area contributed by atoms with Crippen LogP contribution in [0.1, 0.15) is 43.1 Å². The Kier molecular flexibility index (Phi) is 7.75. The normalized spacial score (nSPS) is 17.1. The predicted octanol–water partition coefficient (Wildman–Crippen LogP) is 4.40. The van der Waals surface area contributed by atoms with Crippen LogP contribution >= 0.6 is 0 Å². The number of hydrogen-bond acceptors (Lipinski definition) is 4. The number of nitrogens with zero attached hydrogens (tertiary/aromatic N) is 2. The Morgan fingerprint density at radius 2 is 1.63 bits per heavy atom. The number of carbonyl (C=O) groups excluding carboxylic acids is 1. The van der Waals surface area contributed by atoms with E-state index in [9.17, 15) is 9.18 Å². The van der Waals surface area contributed by atoms with E-state index in [2.05, 4.69) is 54.8 Å². The van der Waals surface area contributed by atoms with Gasteiger partial charge in [-0.1, -0.05) is 30.3 Å². The third-order valence-corrected chi connectivity index (χ3v) is 5.38. The molecule has 162 valence electrons. The van der Waals surface area contributed by atoms with Gasteiger partial charge in [0.05, 0.1) is 5.60 Å². The zero-order valence-electron chi connectivity index (χ0n) is 18.3. The molecule has 0 aromatic heterocycles. The van der Waals surface area contributed by atoms with Crippen LogP contribution in [-0.2, 0) is 11.2 Å². The largest absolute Gasteiger partial charge is 0.357 e. The molecule has 1 atom stereocenters. The van der Waals surface area contributed by atoms with Gasteiger partial charge in [-0.3, -0.25) is 9.69 Å². The summed E-state index contributed by atoms with van der Waals surface area (Å²) in [5.41, 5.74) is 1.65. The first-order valence-electron chi connectivity index (χ1n) is 10.8. The van der Waals surface area contributed by atoms with Crippen molar-refractivity contribution >= 4 is 5.78 Å². The summed E-state index contributed by atoms with van der Waals surface area (Å²) < 4.78 is 19.4. The summed E-state index contributed by atoms with van der Waals surface area (Å²) in [6.45, 7) is 10.7. The van der Waals surface area contributed by atoms with Crippen molar-refractivity contribution in [1.82, 2.24) is 9.80 Å². The van der Waals surface area contributed by atoms with Crippen molar-refractivity contribution in [1.29, 1.82) is 0 Å². The fraction of sp³-hybridized carbons (Fsp3) is 0.480. The first-order chi connectivity index (χ1) is 14.3. The van der Waals surface area contributed by atoms with E-state index in [0.717, 1.165) is 39.1 Å². The second-order valence-electron chi connectivity index (χ2n) is 8.93. The Hall–Kier alpha value is -2.08. The average molecular weight is 413 g/mol. The van der Waals surface area contributed by atoms with E-state index >= 15 is 0 Å². The number of benzene rings is 2. The van der Waals surface area contributed by atoms with E-state index in [1.807, 2.05) is 6.07 Å². The summed E-state index contributed by atoms with van der Waals surface area (Å²) in [4.78, 5) is 17.1. The van der Waals surface area contributed by atoms with Crippen LogP contribution in [0.15, 0.2) is 54.6 Å². The van der Waals surface area contributed by atoms with Gasteiger partial charge in [-0.05, 0) is 50.6 Å². The fourth-order valence-electron chi connectivity index (χ4n) is 3.78. The lowest BCUT2D eigenvalue weighted by molar-refractivity contribution is -0.140. The van der Waals surface area contributed by atoms with E-state index < -0.39 is 0 Å². The van der Waals surface area contributed by atoms with Crippen LogP contribution in [0.25, 0.3) is 0 Å². The van der Waals surface area contributed by atoms with Crippen molar-refractivity contribution in [2.75, 3.05) is 32.7 Å². The highest BCUT2D eigenvalue weighted by Gasteiger charge is 2.28. The van der Waals surface area contributed by atoms with Crippen molar-refractivity contribution in [2.24, 2.45) is 0 Å². The number of carbonyl (C=O) groups is 1. The maximum absolute atomic E-state index is 13.0. The molecule has 2 aromatic rings.